The maximum atomic E-state index is 5.82. The van der Waals surface area contributed by atoms with E-state index in [0.717, 1.165) is 35.7 Å². The van der Waals surface area contributed by atoms with E-state index in [1.54, 1.807) is 6.33 Å². The minimum Gasteiger partial charge on any atom is -0.485 e. The SMILES string of the molecule is CCCn1ncnc1COc1cc(C(N)=S)ccc1C. The van der Waals surface area contributed by atoms with Gasteiger partial charge in [0, 0.05) is 12.1 Å². The Bertz CT molecular complexity index is 609. The summed E-state index contributed by atoms with van der Waals surface area (Å²) in [6.45, 7) is 5.30. The Morgan fingerprint density at radius 1 is 1.45 bits per heavy atom. The minimum atomic E-state index is 0.365. The molecule has 5 nitrogen and oxygen atoms in total. The molecule has 2 rings (SSSR count). The lowest BCUT2D eigenvalue weighted by atomic mass is 10.1. The summed E-state index contributed by atoms with van der Waals surface area (Å²) in [6.07, 6.45) is 2.55. The van der Waals surface area contributed by atoms with Gasteiger partial charge in [0.25, 0.3) is 0 Å². The second-order valence-electron chi connectivity index (χ2n) is 4.53. The lowest BCUT2D eigenvalue weighted by Gasteiger charge is -2.11. The summed E-state index contributed by atoms with van der Waals surface area (Å²) < 4.78 is 7.67. The quantitative estimate of drug-likeness (QED) is 0.826. The Morgan fingerprint density at radius 2 is 2.25 bits per heavy atom. The summed E-state index contributed by atoms with van der Waals surface area (Å²) in [5, 5.41) is 4.17. The van der Waals surface area contributed by atoms with Gasteiger partial charge in [0.1, 0.15) is 23.7 Å². The van der Waals surface area contributed by atoms with Gasteiger partial charge in [0.15, 0.2) is 5.82 Å². The van der Waals surface area contributed by atoms with Crippen LogP contribution in [0.3, 0.4) is 0 Å². The zero-order chi connectivity index (χ0) is 14.5. The summed E-state index contributed by atoms with van der Waals surface area (Å²) in [4.78, 5) is 4.58. The zero-order valence-corrected chi connectivity index (χ0v) is 12.5. The van der Waals surface area contributed by atoms with Gasteiger partial charge in [-0.15, -0.1) is 0 Å². The van der Waals surface area contributed by atoms with E-state index in [2.05, 4.69) is 17.0 Å². The van der Waals surface area contributed by atoms with Gasteiger partial charge >= 0.3 is 0 Å². The predicted molar refractivity (Wildman–Crippen MR) is 81.7 cm³/mol. The van der Waals surface area contributed by atoms with Crippen molar-refractivity contribution in [2.24, 2.45) is 5.73 Å². The molecule has 0 aliphatic heterocycles. The molecule has 0 radical (unpaired) electrons. The molecule has 0 aliphatic rings. The van der Waals surface area contributed by atoms with E-state index in [0.29, 0.717) is 11.6 Å². The number of benzene rings is 1. The Hall–Kier alpha value is -1.95. The molecule has 2 N–H and O–H groups in total. The Kier molecular flexibility index (Phi) is 4.68. The minimum absolute atomic E-state index is 0.365. The van der Waals surface area contributed by atoms with Crippen molar-refractivity contribution in [2.75, 3.05) is 0 Å². The smallest absolute Gasteiger partial charge is 0.164 e. The lowest BCUT2D eigenvalue weighted by molar-refractivity contribution is 0.284. The number of hydrogen-bond donors (Lipinski definition) is 1. The van der Waals surface area contributed by atoms with E-state index >= 15 is 0 Å². The van der Waals surface area contributed by atoms with Gasteiger partial charge in [-0.05, 0) is 25.0 Å². The van der Waals surface area contributed by atoms with Crippen LogP contribution in [0.1, 0.15) is 30.3 Å². The fourth-order valence-electron chi connectivity index (χ4n) is 1.85. The summed E-state index contributed by atoms with van der Waals surface area (Å²) >= 11 is 4.98. The second-order valence-corrected chi connectivity index (χ2v) is 4.97. The molecule has 1 heterocycles. The molecule has 0 fully saturated rings. The number of aromatic nitrogens is 3. The Balaban J connectivity index is 2.12. The number of rotatable bonds is 6. The van der Waals surface area contributed by atoms with Crippen LogP contribution in [0.5, 0.6) is 5.75 Å². The number of aryl methyl sites for hydroxylation is 2. The molecule has 0 saturated carbocycles. The molecule has 20 heavy (non-hydrogen) atoms. The Morgan fingerprint density at radius 3 is 2.95 bits per heavy atom. The van der Waals surface area contributed by atoms with Crippen molar-refractivity contribution in [1.29, 1.82) is 0 Å². The van der Waals surface area contributed by atoms with Crippen molar-refractivity contribution in [1.82, 2.24) is 14.8 Å². The van der Waals surface area contributed by atoms with Crippen LogP contribution >= 0.6 is 12.2 Å². The van der Waals surface area contributed by atoms with Crippen LogP contribution in [-0.4, -0.2) is 19.8 Å². The summed E-state index contributed by atoms with van der Waals surface area (Å²) in [5.74, 6) is 1.58. The summed E-state index contributed by atoms with van der Waals surface area (Å²) in [6, 6.07) is 5.70. The number of nitrogens with zero attached hydrogens (tertiary/aromatic N) is 3. The van der Waals surface area contributed by atoms with Gasteiger partial charge in [-0.3, -0.25) is 0 Å². The maximum Gasteiger partial charge on any atom is 0.164 e. The predicted octanol–water partition coefficient (Wildman–Crippen LogP) is 2.21. The standard InChI is InChI=1S/C14H18N4OS/c1-3-6-18-13(16-9-17-18)8-19-12-7-11(14(15)20)5-4-10(12)2/h4-5,7,9H,3,6,8H2,1-2H3,(H2,15,20). The first-order valence-electron chi connectivity index (χ1n) is 6.51. The molecule has 0 atom stereocenters. The molecular formula is C14H18N4OS. The van der Waals surface area contributed by atoms with Gasteiger partial charge in [-0.25, -0.2) is 9.67 Å². The van der Waals surface area contributed by atoms with Gasteiger partial charge in [0.05, 0.1) is 0 Å². The van der Waals surface area contributed by atoms with Crippen molar-refractivity contribution >= 4 is 17.2 Å². The molecule has 1 aromatic carbocycles. The van der Waals surface area contributed by atoms with E-state index in [9.17, 15) is 0 Å². The van der Waals surface area contributed by atoms with Crippen LogP contribution in [0.15, 0.2) is 24.5 Å². The van der Waals surface area contributed by atoms with E-state index < -0.39 is 0 Å². The van der Waals surface area contributed by atoms with Crippen molar-refractivity contribution < 1.29 is 4.74 Å². The fourth-order valence-corrected chi connectivity index (χ4v) is 1.98. The van der Waals surface area contributed by atoms with Crippen LogP contribution in [0.4, 0.5) is 0 Å². The molecule has 6 heteroatoms. The van der Waals surface area contributed by atoms with Crippen LogP contribution < -0.4 is 10.5 Å². The molecular weight excluding hydrogens is 272 g/mol. The van der Waals surface area contributed by atoms with Crippen LogP contribution in [0, 0.1) is 6.92 Å². The van der Waals surface area contributed by atoms with E-state index in [4.69, 9.17) is 22.7 Å². The van der Waals surface area contributed by atoms with E-state index in [1.165, 1.54) is 0 Å². The normalized spacial score (nSPS) is 10.5. The fraction of sp³-hybridized carbons (Fsp3) is 0.357. The zero-order valence-electron chi connectivity index (χ0n) is 11.7. The first kappa shape index (κ1) is 14.5. The first-order chi connectivity index (χ1) is 9.61. The molecule has 0 aliphatic carbocycles. The third-order valence-electron chi connectivity index (χ3n) is 2.96. The number of hydrogen-bond acceptors (Lipinski definition) is 4. The number of nitrogens with two attached hydrogens (primary N) is 1. The highest BCUT2D eigenvalue weighted by Gasteiger charge is 2.07. The van der Waals surface area contributed by atoms with E-state index in [1.807, 2.05) is 29.8 Å². The van der Waals surface area contributed by atoms with Crippen LogP contribution in [0.2, 0.25) is 0 Å². The third kappa shape index (κ3) is 3.33. The largest absolute Gasteiger partial charge is 0.485 e. The van der Waals surface area contributed by atoms with Gasteiger partial charge in [-0.1, -0.05) is 31.3 Å². The van der Waals surface area contributed by atoms with Crippen molar-refractivity contribution in [3.05, 3.63) is 41.5 Å². The maximum absolute atomic E-state index is 5.82. The molecule has 2 aromatic rings. The number of thiocarbonyl (C=S) groups is 1. The highest BCUT2D eigenvalue weighted by molar-refractivity contribution is 7.80. The molecule has 106 valence electrons. The number of ether oxygens (including phenoxy) is 1. The van der Waals surface area contributed by atoms with Crippen molar-refractivity contribution in [2.45, 2.75) is 33.4 Å². The Labute approximate surface area is 123 Å². The average molecular weight is 290 g/mol. The highest BCUT2D eigenvalue weighted by Crippen LogP contribution is 2.20. The molecule has 0 saturated heterocycles. The molecule has 0 spiro atoms. The van der Waals surface area contributed by atoms with Gasteiger partial charge in [-0.2, -0.15) is 5.10 Å². The van der Waals surface area contributed by atoms with Crippen molar-refractivity contribution in [3.63, 3.8) is 0 Å². The van der Waals surface area contributed by atoms with Crippen molar-refractivity contribution in [3.8, 4) is 5.75 Å². The molecule has 0 bridgehead atoms. The highest BCUT2D eigenvalue weighted by atomic mass is 32.1. The van der Waals surface area contributed by atoms with E-state index in [-0.39, 0.29) is 0 Å². The lowest BCUT2D eigenvalue weighted by Crippen LogP contribution is -2.11. The summed E-state index contributed by atoms with van der Waals surface area (Å²) in [5.41, 5.74) is 7.47. The third-order valence-corrected chi connectivity index (χ3v) is 3.20. The topological polar surface area (TPSA) is 66.0 Å². The van der Waals surface area contributed by atoms with Crippen LogP contribution in [0.25, 0.3) is 0 Å². The average Bonchev–Trinajstić information content (AvgIpc) is 2.85. The molecule has 0 amide bonds. The summed E-state index contributed by atoms with van der Waals surface area (Å²) in [7, 11) is 0. The molecule has 0 unspecified atom stereocenters. The van der Waals surface area contributed by atoms with Gasteiger partial charge < -0.3 is 10.5 Å². The first-order valence-corrected chi connectivity index (χ1v) is 6.92. The van der Waals surface area contributed by atoms with Gasteiger partial charge in [0.2, 0.25) is 0 Å². The van der Waals surface area contributed by atoms with Crippen LogP contribution in [-0.2, 0) is 13.2 Å². The molecule has 1 aromatic heterocycles. The monoisotopic (exact) mass is 290 g/mol. The second kappa shape index (κ2) is 6.47.